The molecule has 0 unspecified atom stereocenters. The highest BCUT2D eigenvalue weighted by molar-refractivity contribution is 9.10. The molecule has 0 aliphatic carbocycles. The molecule has 3 aromatic carbocycles. The molecule has 0 heterocycles. The Hall–Kier alpha value is -2.91. The highest BCUT2D eigenvalue weighted by Crippen LogP contribution is 2.39. The van der Waals surface area contributed by atoms with Crippen LogP contribution >= 0.6 is 27.5 Å². The third-order valence-electron chi connectivity index (χ3n) is 4.18. The van der Waals surface area contributed by atoms with E-state index in [2.05, 4.69) is 20.9 Å². The quantitative estimate of drug-likeness (QED) is 0.198. The topological polar surface area (TPSA) is 64.7 Å². The molecule has 0 N–H and O–H groups in total. The van der Waals surface area contributed by atoms with Crippen LogP contribution in [0.3, 0.4) is 0 Å². The molecule has 10 heteroatoms. The molecule has 0 saturated carbocycles. The summed E-state index contributed by atoms with van der Waals surface area (Å²) < 4.78 is 44.5. The number of rotatable bonds is 5. The number of ether oxygens (including phenoxy) is 1. The standard InChI is InChI=1S/C21H13BrClF3N2O3/c1-12-2-5-15(23)10-17(12)27-11-13-3-6-19(16(22)8-13)31-20-7-4-14(21(24,25)26)9-18(20)28(29)30/h2-11H,1H3. The van der Waals surface area contributed by atoms with Gasteiger partial charge in [-0.25, -0.2) is 0 Å². The van der Waals surface area contributed by atoms with Gasteiger partial charge in [0.2, 0.25) is 5.75 Å². The molecule has 160 valence electrons. The maximum absolute atomic E-state index is 12.9. The molecular formula is C21H13BrClF3N2O3. The zero-order valence-corrected chi connectivity index (χ0v) is 18.1. The van der Waals surface area contributed by atoms with Crippen molar-refractivity contribution >= 4 is 45.1 Å². The van der Waals surface area contributed by atoms with Gasteiger partial charge < -0.3 is 4.74 Å². The zero-order chi connectivity index (χ0) is 22.8. The lowest BCUT2D eigenvalue weighted by atomic mass is 10.1. The lowest BCUT2D eigenvalue weighted by Gasteiger charge is -2.11. The fourth-order valence-electron chi connectivity index (χ4n) is 2.59. The van der Waals surface area contributed by atoms with Gasteiger partial charge in [0.25, 0.3) is 0 Å². The van der Waals surface area contributed by atoms with Crippen molar-refractivity contribution in [1.29, 1.82) is 0 Å². The number of aryl methyl sites for hydroxylation is 1. The molecule has 5 nitrogen and oxygen atoms in total. The highest BCUT2D eigenvalue weighted by Gasteiger charge is 2.33. The van der Waals surface area contributed by atoms with E-state index in [-0.39, 0.29) is 11.5 Å². The van der Waals surface area contributed by atoms with Gasteiger partial charge in [0.1, 0.15) is 5.75 Å². The van der Waals surface area contributed by atoms with Crippen LogP contribution in [0.1, 0.15) is 16.7 Å². The maximum atomic E-state index is 12.9. The van der Waals surface area contributed by atoms with E-state index in [1.54, 1.807) is 30.5 Å². The molecule has 0 radical (unpaired) electrons. The summed E-state index contributed by atoms with van der Waals surface area (Å²) in [7, 11) is 0. The minimum Gasteiger partial charge on any atom is -0.449 e. The maximum Gasteiger partial charge on any atom is 0.416 e. The molecule has 3 aromatic rings. The molecule has 0 aliphatic heterocycles. The van der Waals surface area contributed by atoms with Crippen molar-refractivity contribution in [3.63, 3.8) is 0 Å². The van der Waals surface area contributed by atoms with Gasteiger partial charge in [0, 0.05) is 17.3 Å². The van der Waals surface area contributed by atoms with Crippen LogP contribution < -0.4 is 4.74 Å². The normalized spacial score (nSPS) is 11.7. The largest absolute Gasteiger partial charge is 0.449 e. The van der Waals surface area contributed by atoms with Crippen molar-refractivity contribution < 1.29 is 22.8 Å². The van der Waals surface area contributed by atoms with E-state index in [0.29, 0.717) is 26.8 Å². The zero-order valence-electron chi connectivity index (χ0n) is 15.8. The Morgan fingerprint density at radius 2 is 1.81 bits per heavy atom. The molecule has 0 spiro atoms. The van der Waals surface area contributed by atoms with Crippen LogP contribution in [-0.2, 0) is 6.18 Å². The lowest BCUT2D eigenvalue weighted by molar-refractivity contribution is -0.385. The van der Waals surface area contributed by atoms with Crippen molar-refractivity contribution in [3.8, 4) is 11.5 Å². The summed E-state index contributed by atoms with van der Waals surface area (Å²) in [4.78, 5) is 14.7. The number of alkyl halides is 3. The summed E-state index contributed by atoms with van der Waals surface area (Å²) >= 11 is 9.29. The van der Waals surface area contributed by atoms with Gasteiger partial charge in [0.15, 0.2) is 0 Å². The van der Waals surface area contributed by atoms with Gasteiger partial charge in [-0.1, -0.05) is 17.7 Å². The van der Waals surface area contributed by atoms with Crippen molar-refractivity contribution in [2.45, 2.75) is 13.1 Å². The highest BCUT2D eigenvalue weighted by atomic mass is 79.9. The van der Waals surface area contributed by atoms with E-state index in [1.165, 1.54) is 6.07 Å². The summed E-state index contributed by atoms with van der Waals surface area (Å²) in [6, 6.07) is 12.3. The summed E-state index contributed by atoms with van der Waals surface area (Å²) in [6.07, 6.45) is -3.10. The molecule has 0 fully saturated rings. The van der Waals surface area contributed by atoms with E-state index < -0.39 is 22.4 Å². The van der Waals surface area contributed by atoms with E-state index >= 15 is 0 Å². The molecule has 0 amide bonds. The van der Waals surface area contributed by atoms with Crippen LogP contribution in [0, 0.1) is 17.0 Å². The Bertz CT molecular complexity index is 1180. The number of aliphatic imine (C=N–C) groups is 1. The molecule has 0 aromatic heterocycles. The predicted molar refractivity (Wildman–Crippen MR) is 116 cm³/mol. The Labute approximate surface area is 188 Å². The summed E-state index contributed by atoms with van der Waals surface area (Å²) in [5, 5.41) is 11.8. The fourth-order valence-corrected chi connectivity index (χ4v) is 3.23. The monoisotopic (exact) mass is 512 g/mol. The van der Waals surface area contributed by atoms with E-state index in [0.717, 1.165) is 17.7 Å². The third kappa shape index (κ3) is 5.62. The lowest BCUT2D eigenvalue weighted by Crippen LogP contribution is -2.06. The van der Waals surface area contributed by atoms with E-state index in [4.69, 9.17) is 16.3 Å². The minimum absolute atomic E-state index is 0.193. The molecular weight excluding hydrogens is 501 g/mol. The first kappa shape index (κ1) is 22.8. The van der Waals surface area contributed by atoms with Crippen LogP contribution in [0.5, 0.6) is 11.5 Å². The van der Waals surface area contributed by atoms with E-state index in [1.807, 2.05) is 13.0 Å². The molecule has 0 bridgehead atoms. The summed E-state index contributed by atoms with van der Waals surface area (Å²) in [6.45, 7) is 1.90. The number of hydrogen-bond donors (Lipinski definition) is 0. The van der Waals surface area contributed by atoms with Crippen LogP contribution in [-0.4, -0.2) is 11.1 Å². The number of nitro benzene ring substituents is 1. The van der Waals surface area contributed by atoms with Crippen LogP contribution in [0.15, 0.2) is 64.1 Å². The van der Waals surface area contributed by atoms with Gasteiger partial charge in [-0.15, -0.1) is 0 Å². The fraction of sp³-hybridized carbons (Fsp3) is 0.0952. The second kappa shape index (κ2) is 9.07. The molecule has 0 atom stereocenters. The number of hydrogen-bond acceptors (Lipinski definition) is 4. The number of nitrogens with zero attached hydrogens (tertiary/aromatic N) is 2. The van der Waals surface area contributed by atoms with Crippen molar-refractivity contribution in [1.82, 2.24) is 0 Å². The third-order valence-corrected chi connectivity index (χ3v) is 5.04. The Kier molecular flexibility index (Phi) is 6.66. The van der Waals surface area contributed by atoms with Gasteiger partial charge in [-0.2, -0.15) is 13.2 Å². The van der Waals surface area contributed by atoms with Crippen LogP contribution in [0.4, 0.5) is 24.5 Å². The van der Waals surface area contributed by atoms with Gasteiger partial charge in [0.05, 0.1) is 20.6 Å². The van der Waals surface area contributed by atoms with Crippen LogP contribution in [0.2, 0.25) is 5.02 Å². The molecule has 31 heavy (non-hydrogen) atoms. The van der Waals surface area contributed by atoms with Gasteiger partial charge in [-0.3, -0.25) is 15.1 Å². The minimum atomic E-state index is -4.70. The summed E-state index contributed by atoms with van der Waals surface area (Å²) in [5.41, 5.74) is 0.413. The number of halogens is 5. The second-order valence-electron chi connectivity index (χ2n) is 6.42. The number of nitro groups is 1. The second-order valence-corrected chi connectivity index (χ2v) is 7.71. The van der Waals surface area contributed by atoms with Crippen LogP contribution in [0.25, 0.3) is 0 Å². The first-order valence-corrected chi connectivity index (χ1v) is 9.85. The predicted octanol–water partition coefficient (Wildman–Crippen LogP) is 7.88. The van der Waals surface area contributed by atoms with Crippen molar-refractivity contribution in [3.05, 3.63) is 90.9 Å². The van der Waals surface area contributed by atoms with Crippen molar-refractivity contribution in [2.24, 2.45) is 4.99 Å². The first-order chi connectivity index (χ1) is 14.5. The number of benzene rings is 3. The molecule has 0 aliphatic rings. The van der Waals surface area contributed by atoms with E-state index in [9.17, 15) is 23.3 Å². The van der Waals surface area contributed by atoms with Gasteiger partial charge in [-0.05, 0) is 76.4 Å². The summed E-state index contributed by atoms with van der Waals surface area (Å²) in [5.74, 6) is -0.117. The Morgan fingerprint density at radius 1 is 1.10 bits per heavy atom. The first-order valence-electron chi connectivity index (χ1n) is 8.68. The Balaban J connectivity index is 1.86. The average molecular weight is 514 g/mol. The molecule has 0 saturated heterocycles. The average Bonchev–Trinajstić information content (AvgIpc) is 2.69. The van der Waals surface area contributed by atoms with Gasteiger partial charge >= 0.3 is 11.9 Å². The molecule has 3 rings (SSSR count). The van der Waals surface area contributed by atoms with Crippen molar-refractivity contribution in [2.75, 3.05) is 0 Å². The smallest absolute Gasteiger partial charge is 0.416 e. The SMILES string of the molecule is Cc1ccc(Cl)cc1N=Cc1ccc(Oc2ccc(C(F)(F)F)cc2[N+](=O)[O-])c(Br)c1. The Morgan fingerprint density at radius 3 is 2.45 bits per heavy atom.